The smallest absolute Gasteiger partial charge is 0.0657 e. The lowest BCUT2D eigenvalue weighted by Crippen LogP contribution is -2.52. The van der Waals surface area contributed by atoms with Crippen molar-refractivity contribution in [1.29, 1.82) is 0 Å². The molecule has 1 nitrogen and oxygen atoms in total. The van der Waals surface area contributed by atoms with Gasteiger partial charge in [0.2, 0.25) is 0 Å². The maximum absolute atomic E-state index is 10.7. The van der Waals surface area contributed by atoms with Crippen LogP contribution in [0.2, 0.25) is 0 Å². The highest BCUT2D eigenvalue weighted by atomic mass is 32.2. The summed E-state index contributed by atoms with van der Waals surface area (Å²) in [6.45, 7) is 9.80. The summed E-state index contributed by atoms with van der Waals surface area (Å²) >= 11 is 2.06. The number of thioether (sulfide) groups is 1. The minimum atomic E-state index is -0.480. The Morgan fingerprint density at radius 2 is 1.77 bits per heavy atom. The molecule has 0 bridgehead atoms. The molecule has 0 radical (unpaired) electrons. The second-order valence-corrected chi connectivity index (χ2v) is 13.4. The summed E-state index contributed by atoms with van der Waals surface area (Å²) < 4.78 is 0. The van der Waals surface area contributed by atoms with Gasteiger partial charge in [-0.15, -0.1) is 11.8 Å². The fourth-order valence-electron chi connectivity index (χ4n) is 8.64. The average Bonchev–Trinajstić information content (AvgIpc) is 3.10. The molecular formula is C29H42OS. The molecule has 0 heterocycles. The van der Waals surface area contributed by atoms with E-state index < -0.39 is 5.60 Å². The third-order valence-electron chi connectivity index (χ3n) is 10.4. The first-order valence-corrected chi connectivity index (χ1v) is 13.8. The minimum Gasteiger partial charge on any atom is -0.390 e. The highest BCUT2D eigenvalue weighted by molar-refractivity contribution is 7.99. The third-order valence-corrected chi connectivity index (χ3v) is 11.7. The molecule has 1 aromatic rings. The van der Waals surface area contributed by atoms with Crippen LogP contribution < -0.4 is 0 Å². The lowest BCUT2D eigenvalue weighted by atomic mass is 9.46. The van der Waals surface area contributed by atoms with Gasteiger partial charge in [-0.05, 0) is 111 Å². The molecule has 3 fully saturated rings. The first-order valence-electron chi connectivity index (χ1n) is 12.8. The molecule has 1 N–H and O–H groups in total. The van der Waals surface area contributed by atoms with Crippen molar-refractivity contribution in [3.63, 3.8) is 0 Å². The van der Waals surface area contributed by atoms with Crippen molar-refractivity contribution < 1.29 is 5.11 Å². The van der Waals surface area contributed by atoms with Crippen LogP contribution in [0.3, 0.4) is 0 Å². The molecule has 1 aromatic carbocycles. The van der Waals surface area contributed by atoms with Gasteiger partial charge >= 0.3 is 0 Å². The fraction of sp³-hybridized carbons (Fsp3) is 0.724. The monoisotopic (exact) mass is 438 g/mol. The largest absolute Gasteiger partial charge is 0.390 e. The number of hydrogen-bond acceptors (Lipinski definition) is 2. The molecule has 4 aliphatic carbocycles. The highest BCUT2D eigenvalue weighted by Crippen LogP contribution is 2.67. The van der Waals surface area contributed by atoms with E-state index in [0.717, 1.165) is 42.4 Å². The number of aliphatic hydroxyl groups is 1. The van der Waals surface area contributed by atoms with Gasteiger partial charge in [-0.1, -0.05) is 50.6 Å². The number of allylic oxidation sites excluding steroid dienone is 1. The summed E-state index contributed by atoms with van der Waals surface area (Å²) in [5.74, 6) is 5.52. The molecule has 2 heteroatoms. The van der Waals surface area contributed by atoms with E-state index in [9.17, 15) is 5.11 Å². The number of fused-ring (bicyclic) bond motifs is 5. The van der Waals surface area contributed by atoms with E-state index in [0.29, 0.717) is 10.8 Å². The van der Waals surface area contributed by atoms with Gasteiger partial charge in [-0.25, -0.2) is 0 Å². The first-order chi connectivity index (χ1) is 14.7. The molecule has 0 saturated heterocycles. The summed E-state index contributed by atoms with van der Waals surface area (Å²) in [7, 11) is 0. The van der Waals surface area contributed by atoms with E-state index in [2.05, 4.69) is 68.9 Å². The van der Waals surface area contributed by atoms with Crippen molar-refractivity contribution in [2.24, 2.45) is 40.4 Å². The van der Waals surface area contributed by atoms with E-state index in [1.807, 2.05) is 6.92 Å². The maximum Gasteiger partial charge on any atom is 0.0657 e. The van der Waals surface area contributed by atoms with Crippen molar-refractivity contribution in [1.82, 2.24) is 0 Å². The summed E-state index contributed by atoms with van der Waals surface area (Å²) in [4.78, 5) is 1.42. The van der Waals surface area contributed by atoms with Gasteiger partial charge in [0.05, 0.1) is 5.60 Å². The first kappa shape index (κ1) is 22.1. The lowest BCUT2D eigenvalue weighted by Gasteiger charge is -2.59. The van der Waals surface area contributed by atoms with Crippen molar-refractivity contribution >= 4 is 11.8 Å². The van der Waals surface area contributed by atoms with Gasteiger partial charge in [-0.3, -0.25) is 0 Å². The molecule has 0 aromatic heterocycles. The molecule has 6 unspecified atom stereocenters. The SMILES string of the molecule is C[C@H](CSc1ccccc1)C1CCC2C3CC=C4C[C@@](C)(O)CCC4(C)C3CCC21C. The van der Waals surface area contributed by atoms with Crippen molar-refractivity contribution in [2.45, 2.75) is 89.6 Å². The maximum atomic E-state index is 10.7. The van der Waals surface area contributed by atoms with Crippen LogP contribution in [0.15, 0.2) is 46.9 Å². The van der Waals surface area contributed by atoms with Crippen molar-refractivity contribution in [2.75, 3.05) is 5.75 Å². The zero-order valence-corrected chi connectivity index (χ0v) is 20.9. The van der Waals surface area contributed by atoms with Gasteiger partial charge in [0.1, 0.15) is 0 Å². The lowest BCUT2D eigenvalue weighted by molar-refractivity contribution is -0.0692. The minimum absolute atomic E-state index is 0.347. The molecule has 5 rings (SSSR count). The Balaban J connectivity index is 1.32. The highest BCUT2D eigenvalue weighted by Gasteiger charge is 2.59. The van der Waals surface area contributed by atoms with Crippen LogP contribution >= 0.6 is 11.8 Å². The predicted molar refractivity (Wildman–Crippen MR) is 132 cm³/mol. The summed E-state index contributed by atoms with van der Waals surface area (Å²) in [5.41, 5.74) is 1.99. The summed E-state index contributed by atoms with van der Waals surface area (Å²) in [6, 6.07) is 11.0. The summed E-state index contributed by atoms with van der Waals surface area (Å²) in [6.07, 6.45) is 12.6. The zero-order chi connectivity index (χ0) is 21.9. The normalized spacial score (nSPS) is 45.3. The second kappa shape index (κ2) is 7.94. The van der Waals surface area contributed by atoms with E-state index in [1.54, 1.807) is 5.57 Å². The Hall–Kier alpha value is -0.730. The Kier molecular flexibility index (Phi) is 5.66. The van der Waals surface area contributed by atoms with Gasteiger partial charge < -0.3 is 5.11 Å². The molecule has 0 amide bonds. The van der Waals surface area contributed by atoms with Gasteiger partial charge in [0.15, 0.2) is 0 Å². The predicted octanol–water partition coefficient (Wildman–Crippen LogP) is 7.74. The third kappa shape index (κ3) is 3.74. The Bertz CT molecular complexity index is 828. The molecule has 31 heavy (non-hydrogen) atoms. The Morgan fingerprint density at radius 3 is 2.55 bits per heavy atom. The quantitative estimate of drug-likeness (QED) is 0.383. The van der Waals surface area contributed by atoms with Crippen LogP contribution in [0.4, 0.5) is 0 Å². The molecule has 0 aliphatic heterocycles. The molecule has 8 atom stereocenters. The Morgan fingerprint density at radius 1 is 1.00 bits per heavy atom. The summed E-state index contributed by atoms with van der Waals surface area (Å²) in [5, 5.41) is 10.7. The van der Waals surface area contributed by atoms with Gasteiger partial charge in [0, 0.05) is 10.6 Å². The Labute approximate surface area is 194 Å². The second-order valence-electron chi connectivity index (χ2n) is 12.3. The molecule has 3 saturated carbocycles. The van der Waals surface area contributed by atoms with Crippen LogP contribution in [-0.2, 0) is 0 Å². The van der Waals surface area contributed by atoms with Crippen LogP contribution in [0.5, 0.6) is 0 Å². The molecular weight excluding hydrogens is 396 g/mol. The van der Waals surface area contributed by atoms with Crippen LogP contribution in [0.1, 0.15) is 79.1 Å². The van der Waals surface area contributed by atoms with Crippen LogP contribution in [-0.4, -0.2) is 16.5 Å². The van der Waals surface area contributed by atoms with E-state index in [4.69, 9.17) is 0 Å². The van der Waals surface area contributed by atoms with Gasteiger partial charge in [-0.2, -0.15) is 0 Å². The van der Waals surface area contributed by atoms with E-state index >= 15 is 0 Å². The fourth-order valence-corrected chi connectivity index (χ4v) is 9.68. The molecule has 170 valence electrons. The molecule has 0 spiro atoms. The number of hydrogen-bond donors (Lipinski definition) is 1. The number of benzene rings is 1. The van der Waals surface area contributed by atoms with Crippen LogP contribution in [0, 0.1) is 40.4 Å². The van der Waals surface area contributed by atoms with Crippen molar-refractivity contribution in [3.05, 3.63) is 42.0 Å². The van der Waals surface area contributed by atoms with Crippen molar-refractivity contribution in [3.8, 4) is 0 Å². The van der Waals surface area contributed by atoms with Gasteiger partial charge in [0.25, 0.3) is 0 Å². The topological polar surface area (TPSA) is 20.2 Å². The standard InChI is InChI=1S/C29H42OS/c1-20(19-31-22-8-6-5-7-9-22)24-12-13-25-23-11-10-21-18-27(2,30)16-17-28(21,3)26(23)14-15-29(24,25)4/h5-10,20,23-26,30H,11-19H2,1-4H3/t20-,23?,24?,25?,26?,27+,28?,29?/m1/s1. The van der Waals surface area contributed by atoms with E-state index in [1.165, 1.54) is 49.2 Å². The van der Waals surface area contributed by atoms with Crippen LogP contribution in [0.25, 0.3) is 0 Å². The zero-order valence-electron chi connectivity index (χ0n) is 20.1. The molecule has 4 aliphatic rings. The number of rotatable bonds is 4. The average molecular weight is 439 g/mol. The van der Waals surface area contributed by atoms with E-state index in [-0.39, 0.29) is 0 Å².